The number of aliphatic hydroxyl groups is 1. The van der Waals surface area contributed by atoms with Crippen molar-refractivity contribution in [1.82, 2.24) is 5.32 Å². The molecule has 18 heavy (non-hydrogen) atoms. The molecule has 1 atom stereocenters. The van der Waals surface area contributed by atoms with Crippen LogP contribution in [0.1, 0.15) is 18.4 Å². The Balaban J connectivity index is 1.70. The molecule has 1 fully saturated rings. The first-order chi connectivity index (χ1) is 8.66. The Labute approximate surface area is 107 Å². The molecule has 1 amide bonds. The Bertz CT molecular complexity index is 416. The molecular weight excluding hydrogens is 228 g/mol. The van der Waals surface area contributed by atoms with Gasteiger partial charge in [0.15, 0.2) is 0 Å². The Morgan fingerprint density at radius 2 is 2.17 bits per heavy atom. The van der Waals surface area contributed by atoms with E-state index in [2.05, 4.69) is 10.6 Å². The molecule has 1 aliphatic rings. The van der Waals surface area contributed by atoms with Crippen LogP contribution in [-0.4, -0.2) is 30.2 Å². The summed E-state index contributed by atoms with van der Waals surface area (Å²) in [5.74, 6) is 0.365. The maximum absolute atomic E-state index is 11.7. The number of carbonyl (C=O) groups is 1. The summed E-state index contributed by atoms with van der Waals surface area (Å²) in [5, 5.41) is 15.5. The molecular formula is C14H20N2O2. The normalized spacial score (nSPS) is 16.3. The standard InChI is InChI=1S/C14H20N2O2/c1-10-4-2-3-5-12(10)16-14(18)9-15-8-13(17)11-6-7-11/h2-5,11,13,15,17H,6-9H2,1H3,(H,16,18). The second-order valence-corrected chi connectivity index (χ2v) is 4.90. The van der Waals surface area contributed by atoms with Gasteiger partial charge in [0, 0.05) is 12.2 Å². The minimum atomic E-state index is -0.309. The van der Waals surface area contributed by atoms with Crippen LogP contribution in [0, 0.1) is 12.8 Å². The average Bonchev–Trinajstić information content (AvgIpc) is 3.16. The number of anilines is 1. The highest BCUT2D eigenvalue weighted by molar-refractivity contribution is 5.92. The van der Waals surface area contributed by atoms with Crippen LogP contribution in [0.25, 0.3) is 0 Å². The Morgan fingerprint density at radius 3 is 2.83 bits per heavy atom. The Kier molecular flexibility index (Phi) is 4.33. The molecule has 0 spiro atoms. The molecule has 0 aliphatic heterocycles. The van der Waals surface area contributed by atoms with Gasteiger partial charge in [0.1, 0.15) is 0 Å². The summed E-state index contributed by atoms with van der Waals surface area (Å²) in [4.78, 5) is 11.7. The second kappa shape index (κ2) is 5.98. The van der Waals surface area contributed by atoms with Gasteiger partial charge in [-0.05, 0) is 37.3 Å². The third-order valence-electron chi connectivity index (χ3n) is 3.22. The maximum Gasteiger partial charge on any atom is 0.238 e. The van der Waals surface area contributed by atoms with Crippen molar-refractivity contribution in [3.8, 4) is 0 Å². The summed E-state index contributed by atoms with van der Waals surface area (Å²) in [6, 6.07) is 7.67. The van der Waals surface area contributed by atoms with E-state index in [0.717, 1.165) is 24.1 Å². The number of benzene rings is 1. The Morgan fingerprint density at radius 1 is 1.44 bits per heavy atom. The lowest BCUT2D eigenvalue weighted by molar-refractivity contribution is -0.115. The minimum Gasteiger partial charge on any atom is -0.392 e. The fourth-order valence-electron chi connectivity index (χ4n) is 1.89. The van der Waals surface area contributed by atoms with Crippen molar-refractivity contribution in [2.45, 2.75) is 25.9 Å². The Hall–Kier alpha value is -1.39. The van der Waals surface area contributed by atoms with Crippen molar-refractivity contribution in [1.29, 1.82) is 0 Å². The van der Waals surface area contributed by atoms with E-state index in [1.54, 1.807) is 0 Å². The smallest absolute Gasteiger partial charge is 0.238 e. The molecule has 2 rings (SSSR count). The minimum absolute atomic E-state index is 0.0766. The van der Waals surface area contributed by atoms with E-state index in [1.807, 2.05) is 31.2 Å². The molecule has 1 unspecified atom stereocenters. The van der Waals surface area contributed by atoms with E-state index in [9.17, 15) is 9.90 Å². The highest BCUT2D eigenvalue weighted by Crippen LogP contribution is 2.32. The summed E-state index contributed by atoms with van der Waals surface area (Å²) in [6.07, 6.45) is 1.91. The number of carbonyl (C=O) groups excluding carboxylic acids is 1. The zero-order chi connectivity index (χ0) is 13.0. The first-order valence-electron chi connectivity index (χ1n) is 6.41. The van der Waals surface area contributed by atoms with Crippen molar-refractivity contribution in [2.75, 3.05) is 18.4 Å². The quantitative estimate of drug-likeness (QED) is 0.711. The van der Waals surface area contributed by atoms with Gasteiger partial charge in [-0.2, -0.15) is 0 Å². The maximum atomic E-state index is 11.7. The number of para-hydroxylation sites is 1. The second-order valence-electron chi connectivity index (χ2n) is 4.90. The molecule has 0 heterocycles. The number of aliphatic hydroxyl groups excluding tert-OH is 1. The fourth-order valence-corrected chi connectivity index (χ4v) is 1.89. The van der Waals surface area contributed by atoms with Crippen molar-refractivity contribution < 1.29 is 9.90 Å². The molecule has 1 aromatic carbocycles. The van der Waals surface area contributed by atoms with Crippen LogP contribution in [0.4, 0.5) is 5.69 Å². The predicted octanol–water partition coefficient (Wildman–Crippen LogP) is 1.29. The highest BCUT2D eigenvalue weighted by Gasteiger charge is 2.29. The first kappa shape index (κ1) is 13.1. The average molecular weight is 248 g/mol. The molecule has 1 saturated carbocycles. The van der Waals surface area contributed by atoms with Gasteiger partial charge >= 0.3 is 0 Å². The number of nitrogens with one attached hydrogen (secondary N) is 2. The van der Waals surface area contributed by atoms with Crippen LogP contribution in [0.3, 0.4) is 0 Å². The predicted molar refractivity (Wildman–Crippen MR) is 71.4 cm³/mol. The summed E-state index contributed by atoms with van der Waals surface area (Å²) in [5.41, 5.74) is 1.89. The van der Waals surface area contributed by atoms with Gasteiger partial charge in [-0.15, -0.1) is 0 Å². The van der Waals surface area contributed by atoms with E-state index in [-0.39, 0.29) is 18.6 Å². The third-order valence-corrected chi connectivity index (χ3v) is 3.22. The SMILES string of the molecule is Cc1ccccc1NC(=O)CNCC(O)C1CC1. The van der Waals surface area contributed by atoms with Gasteiger partial charge in [-0.3, -0.25) is 4.79 Å². The van der Waals surface area contributed by atoms with Gasteiger partial charge in [-0.25, -0.2) is 0 Å². The zero-order valence-corrected chi connectivity index (χ0v) is 10.6. The number of amides is 1. The van der Waals surface area contributed by atoms with Crippen molar-refractivity contribution in [3.05, 3.63) is 29.8 Å². The first-order valence-corrected chi connectivity index (χ1v) is 6.41. The molecule has 0 aromatic heterocycles. The molecule has 3 N–H and O–H groups in total. The third kappa shape index (κ3) is 3.82. The van der Waals surface area contributed by atoms with Crippen molar-refractivity contribution >= 4 is 11.6 Å². The van der Waals surface area contributed by atoms with E-state index < -0.39 is 0 Å². The molecule has 0 bridgehead atoms. The fraction of sp³-hybridized carbons (Fsp3) is 0.500. The number of rotatable bonds is 6. The van der Waals surface area contributed by atoms with Crippen molar-refractivity contribution in [2.24, 2.45) is 5.92 Å². The zero-order valence-electron chi connectivity index (χ0n) is 10.6. The van der Waals surface area contributed by atoms with E-state index in [4.69, 9.17) is 0 Å². The number of hydrogen-bond acceptors (Lipinski definition) is 3. The van der Waals surface area contributed by atoms with E-state index >= 15 is 0 Å². The number of hydrogen-bond donors (Lipinski definition) is 3. The molecule has 0 saturated heterocycles. The van der Waals surface area contributed by atoms with Gasteiger partial charge < -0.3 is 15.7 Å². The highest BCUT2D eigenvalue weighted by atomic mass is 16.3. The topological polar surface area (TPSA) is 61.4 Å². The number of aryl methyl sites for hydroxylation is 1. The molecule has 1 aromatic rings. The lowest BCUT2D eigenvalue weighted by atomic mass is 10.2. The van der Waals surface area contributed by atoms with Gasteiger partial charge in [0.05, 0.1) is 12.6 Å². The van der Waals surface area contributed by atoms with Crippen LogP contribution >= 0.6 is 0 Å². The summed E-state index contributed by atoms with van der Waals surface area (Å²) in [6.45, 7) is 2.68. The van der Waals surface area contributed by atoms with E-state index in [0.29, 0.717) is 12.5 Å². The monoisotopic (exact) mass is 248 g/mol. The van der Waals surface area contributed by atoms with Gasteiger partial charge in [0.2, 0.25) is 5.91 Å². The van der Waals surface area contributed by atoms with E-state index in [1.165, 1.54) is 0 Å². The molecule has 4 nitrogen and oxygen atoms in total. The van der Waals surface area contributed by atoms with Gasteiger partial charge in [-0.1, -0.05) is 18.2 Å². The lowest BCUT2D eigenvalue weighted by Crippen LogP contribution is -2.34. The van der Waals surface area contributed by atoms with Gasteiger partial charge in [0.25, 0.3) is 0 Å². The molecule has 98 valence electrons. The van der Waals surface area contributed by atoms with Crippen LogP contribution in [0.5, 0.6) is 0 Å². The lowest BCUT2D eigenvalue weighted by Gasteiger charge is -2.11. The van der Waals surface area contributed by atoms with Crippen LogP contribution in [-0.2, 0) is 4.79 Å². The van der Waals surface area contributed by atoms with Crippen LogP contribution < -0.4 is 10.6 Å². The molecule has 4 heteroatoms. The summed E-state index contributed by atoms with van der Waals surface area (Å²) < 4.78 is 0. The largest absolute Gasteiger partial charge is 0.392 e. The summed E-state index contributed by atoms with van der Waals surface area (Å²) >= 11 is 0. The van der Waals surface area contributed by atoms with Crippen molar-refractivity contribution in [3.63, 3.8) is 0 Å². The molecule has 1 aliphatic carbocycles. The van der Waals surface area contributed by atoms with Crippen LogP contribution in [0.2, 0.25) is 0 Å². The molecule has 0 radical (unpaired) electrons. The van der Waals surface area contributed by atoms with Crippen LogP contribution in [0.15, 0.2) is 24.3 Å². The summed E-state index contributed by atoms with van der Waals surface area (Å²) in [7, 11) is 0.